The largest absolute Gasteiger partial charge is 0.480 e. The van der Waals surface area contributed by atoms with Crippen LogP contribution in [-0.2, 0) is 17.8 Å². The molecule has 20 heavy (non-hydrogen) atoms. The molecule has 0 aliphatic carbocycles. The van der Waals surface area contributed by atoms with Crippen molar-refractivity contribution in [1.29, 1.82) is 0 Å². The van der Waals surface area contributed by atoms with Gasteiger partial charge >= 0.3 is 12.0 Å². The lowest BCUT2D eigenvalue weighted by Gasteiger charge is -2.34. The molecule has 108 valence electrons. The van der Waals surface area contributed by atoms with Gasteiger partial charge in [0.1, 0.15) is 6.04 Å². The normalized spacial score (nSPS) is 17.4. The number of aliphatic carboxylic acids is 1. The fourth-order valence-corrected chi connectivity index (χ4v) is 2.43. The molecule has 0 saturated heterocycles. The summed E-state index contributed by atoms with van der Waals surface area (Å²) in [7, 11) is 0. The maximum Gasteiger partial charge on any atom is 0.326 e. The summed E-state index contributed by atoms with van der Waals surface area (Å²) in [5, 5.41) is 12.1. The zero-order valence-corrected chi connectivity index (χ0v) is 11.6. The summed E-state index contributed by atoms with van der Waals surface area (Å²) in [5.74, 6) is -0.954. The van der Waals surface area contributed by atoms with E-state index in [2.05, 4.69) is 5.32 Å². The molecule has 0 fully saturated rings. The number of carboxylic acids is 1. The molecule has 5 nitrogen and oxygen atoms in total. The first kappa shape index (κ1) is 14.4. The minimum absolute atomic E-state index is 0.291. The number of carbonyl (C=O) groups is 2. The van der Waals surface area contributed by atoms with Gasteiger partial charge < -0.3 is 15.3 Å². The van der Waals surface area contributed by atoms with E-state index in [1.165, 1.54) is 4.90 Å². The highest BCUT2D eigenvalue weighted by Gasteiger charge is 2.34. The van der Waals surface area contributed by atoms with Crippen LogP contribution < -0.4 is 5.32 Å². The molecule has 5 heteroatoms. The van der Waals surface area contributed by atoms with E-state index in [1.807, 2.05) is 31.2 Å². The molecule has 0 aromatic heterocycles. The molecule has 1 aliphatic rings. The van der Waals surface area contributed by atoms with Gasteiger partial charge in [-0.2, -0.15) is 0 Å². The van der Waals surface area contributed by atoms with Crippen molar-refractivity contribution >= 4 is 12.0 Å². The molecule has 2 amide bonds. The molecular formula is C15H20N2O3. The van der Waals surface area contributed by atoms with Crippen LogP contribution in [0.5, 0.6) is 0 Å². The molecule has 1 aliphatic heterocycles. The van der Waals surface area contributed by atoms with Crippen LogP contribution in [0.1, 0.15) is 30.9 Å². The first-order chi connectivity index (χ1) is 9.63. The maximum absolute atomic E-state index is 12.1. The number of unbranched alkanes of at least 4 members (excludes halogenated alkanes) is 1. The van der Waals surface area contributed by atoms with Gasteiger partial charge in [-0.1, -0.05) is 37.6 Å². The minimum Gasteiger partial charge on any atom is -0.480 e. The first-order valence-corrected chi connectivity index (χ1v) is 6.97. The number of urea groups is 1. The minimum atomic E-state index is -0.954. The Balaban J connectivity index is 2.13. The van der Waals surface area contributed by atoms with Crippen LogP contribution in [-0.4, -0.2) is 34.6 Å². The van der Waals surface area contributed by atoms with Crippen molar-refractivity contribution in [2.45, 2.75) is 38.8 Å². The van der Waals surface area contributed by atoms with Crippen LogP contribution >= 0.6 is 0 Å². The summed E-state index contributed by atoms with van der Waals surface area (Å²) in [6.45, 7) is 2.98. The van der Waals surface area contributed by atoms with Gasteiger partial charge in [0.05, 0.1) is 0 Å². The Kier molecular flexibility index (Phi) is 4.61. The summed E-state index contributed by atoms with van der Waals surface area (Å²) in [6, 6.07) is 6.60. The number of amides is 2. The van der Waals surface area contributed by atoms with Crippen molar-refractivity contribution in [3.05, 3.63) is 35.4 Å². The van der Waals surface area contributed by atoms with Gasteiger partial charge in [-0.3, -0.25) is 0 Å². The van der Waals surface area contributed by atoms with E-state index >= 15 is 0 Å². The lowest BCUT2D eigenvalue weighted by molar-refractivity contribution is -0.142. The highest BCUT2D eigenvalue weighted by Crippen LogP contribution is 2.23. The first-order valence-electron chi connectivity index (χ1n) is 6.97. The SMILES string of the molecule is CCCCNC(=O)N1Cc2ccccc2CC1C(=O)O. The van der Waals surface area contributed by atoms with Gasteiger partial charge in [-0.15, -0.1) is 0 Å². The Labute approximate surface area is 118 Å². The molecule has 1 aromatic rings. The summed E-state index contributed by atoms with van der Waals surface area (Å²) in [5.41, 5.74) is 2.04. The quantitative estimate of drug-likeness (QED) is 0.826. The molecule has 1 aromatic carbocycles. The number of carboxylic acid groups (broad SMARTS) is 1. The van der Waals surface area contributed by atoms with Crippen molar-refractivity contribution in [2.24, 2.45) is 0 Å². The number of benzene rings is 1. The molecule has 2 rings (SSSR count). The number of carbonyl (C=O) groups excluding carboxylic acids is 1. The number of hydrogen-bond acceptors (Lipinski definition) is 2. The monoisotopic (exact) mass is 276 g/mol. The molecule has 2 N–H and O–H groups in total. The lowest BCUT2D eigenvalue weighted by atomic mass is 9.94. The number of hydrogen-bond donors (Lipinski definition) is 2. The van der Waals surface area contributed by atoms with E-state index in [0.717, 1.165) is 24.0 Å². The Bertz CT molecular complexity index is 502. The van der Waals surface area contributed by atoms with Crippen LogP contribution in [0.2, 0.25) is 0 Å². The van der Waals surface area contributed by atoms with Crippen molar-refractivity contribution in [3.8, 4) is 0 Å². The predicted octanol–water partition coefficient (Wildman–Crippen LogP) is 2.01. The van der Waals surface area contributed by atoms with E-state index in [1.54, 1.807) is 0 Å². The van der Waals surface area contributed by atoms with Gasteiger partial charge in [0.25, 0.3) is 0 Å². The number of nitrogens with one attached hydrogen (secondary N) is 1. The fourth-order valence-electron chi connectivity index (χ4n) is 2.43. The smallest absolute Gasteiger partial charge is 0.326 e. The predicted molar refractivity (Wildman–Crippen MR) is 75.4 cm³/mol. The van der Waals surface area contributed by atoms with Crippen LogP contribution in [0.4, 0.5) is 4.79 Å². The second-order valence-corrected chi connectivity index (χ2v) is 5.04. The van der Waals surface area contributed by atoms with Crippen molar-refractivity contribution < 1.29 is 14.7 Å². The van der Waals surface area contributed by atoms with Crippen molar-refractivity contribution in [2.75, 3.05) is 6.54 Å². The second kappa shape index (κ2) is 6.41. The molecule has 0 spiro atoms. The number of fused-ring (bicyclic) bond motifs is 1. The average Bonchev–Trinajstić information content (AvgIpc) is 2.46. The van der Waals surface area contributed by atoms with Crippen LogP contribution in [0.25, 0.3) is 0 Å². The Hall–Kier alpha value is -2.04. The molecular weight excluding hydrogens is 256 g/mol. The fraction of sp³-hybridized carbons (Fsp3) is 0.467. The molecule has 1 unspecified atom stereocenters. The second-order valence-electron chi connectivity index (χ2n) is 5.04. The summed E-state index contributed by atoms with van der Waals surface area (Å²) < 4.78 is 0. The third kappa shape index (κ3) is 3.10. The van der Waals surface area contributed by atoms with Gasteiger partial charge in [-0.05, 0) is 17.5 Å². The van der Waals surface area contributed by atoms with Gasteiger partial charge in [0.2, 0.25) is 0 Å². The maximum atomic E-state index is 12.1. The topological polar surface area (TPSA) is 69.6 Å². The zero-order chi connectivity index (χ0) is 14.5. The molecule has 1 atom stereocenters. The van der Waals surface area contributed by atoms with Gasteiger partial charge in [-0.25, -0.2) is 9.59 Å². The highest BCUT2D eigenvalue weighted by atomic mass is 16.4. The van der Waals surface area contributed by atoms with Gasteiger partial charge in [0.15, 0.2) is 0 Å². The Morgan fingerprint density at radius 2 is 2.05 bits per heavy atom. The van der Waals surface area contributed by atoms with E-state index in [4.69, 9.17) is 0 Å². The molecule has 0 bridgehead atoms. The summed E-state index contributed by atoms with van der Waals surface area (Å²) in [6.07, 6.45) is 2.26. The third-order valence-electron chi connectivity index (χ3n) is 3.60. The Morgan fingerprint density at radius 3 is 2.70 bits per heavy atom. The molecule has 0 saturated carbocycles. The standard InChI is InChI=1S/C15H20N2O3/c1-2-3-8-16-15(20)17-10-12-7-5-4-6-11(12)9-13(17)14(18)19/h4-7,13H,2-3,8-10H2,1H3,(H,16,20)(H,18,19). The average molecular weight is 276 g/mol. The third-order valence-corrected chi connectivity index (χ3v) is 3.60. The van der Waals surface area contributed by atoms with Crippen LogP contribution in [0.3, 0.4) is 0 Å². The highest BCUT2D eigenvalue weighted by molar-refractivity contribution is 5.83. The van der Waals surface area contributed by atoms with E-state index in [0.29, 0.717) is 19.5 Å². The summed E-state index contributed by atoms with van der Waals surface area (Å²) >= 11 is 0. The van der Waals surface area contributed by atoms with Crippen LogP contribution in [0, 0.1) is 0 Å². The molecule has 0 radical (unpaired) electrons. The Morgan fingerprint density at radius 1 is 1.35 bits per heavy atom. The van der Waals surface area contributed by atoms with Gasteiger partial charge in [0, 0.05) is 19.5 Å². The molecule has 1 heterocycles. The van der Waals surface area contributed by atoms with Crippen LogP contribution in [0.15, 0.2) is 24.3 Å². The van der Waals surface area contributed by atoms with Crippen molar-refractivity contribution in [1.82, 2.24) is 10.2 Å². The number of rotatable bonds is 4. The summed E-state index contributed by atoms with van der Waals surface area (Å²) in [4.78, 5) is 25.0. The number of nitrogens with zero attached hydrogens (tertiary/aromatic N) is 1. The van der Waals surface area contributed by atoms with E-state index < -0.39 is 12.0 Å². The van der Waals surface area contributed by atoms with E-state index in [-0.39, 0.29) is 6.03 Å². The zero-order valence-electron chi connectivity index (χ0n) is 11.6. The van der Waals surface area contributed by atoms with E-state index in [9.17, 15) is 14.7 Å². The van der Waals surface area contributed by atoms with Crippen molar-refractivity contribution in [3.63, 3.8) is 0 Å². The lowest BCUT2D eigenvalue weighted by Crippen LogP contribution is -2.52.